The molecule has 4 rings (SSSR count). The molecule has 9 heteroatoms. The molecule has 0 aliphatic rings. The maximum Gasteiger partial charge on any atom is 0.450 e. The highest BCUT2D eigenvalue weighted by atomic mass is 79.9. The van der Waals surface area contributed by atoms with Gasteiger partial charge in [0.15, 0.2) is 12.4 Å². The van der Waals surface area contributed by atoms with Gasteiger partial charge in [-0.15, -0.1) is 0 Å². The number of hydrogen-bond acceptors (Lipinski definition) is 4. The van der Waals surface area contributed by atoms with Crippen molar-refractivity contribution in [2.45, 2.75) is 6.18 Å². The van der Waals surface area contributed by atoms with E-state index in [2.05, 4.69) is 31.9 Å². The van der Waals surface area contributed by atoms with Crippen LogP contribution in [0.4, 0.5) is 13.2 Å². The number of rotatable bonds is 5. The van der Waals surface area contributed by atoms with Crippen molar-refractivity contribution in [3.63, 3.8) is 0 Å². The molecular formula is C24H13Br2F3O4. The van der Waals surface area contributed by atoms with Crippen LogP contribution in [-0.2, 0) is 6.18 Å². The van der Waals surface area contributed by atoms with E-state index in [9.17, 15) is 22.8 Å². The zero-order chi connectivity index (χ0) is 23.8. The van der Waals surface area contributed by atoms with E-state index >= 15 is 0 Å². The van der Waals surface area contributed by atoms with Gasteiger partial charge < -0.3 is 9.15 Å². The minimum Gasteiger partial charge on any atom is -0.485 e. The zero-order valence-electron chi connectivity index (χ0n) is 16.6. The summed E-state index contributed by atoms with van der Waals surface area (Å²) in [7, 11) is 0. The van der Waals surface area contributed by atoms with Gasteiger partial charge in [0.05, 0.1) is 10.9 Å². The summed E-state index contributed by atoms with van der Waals surface area (Å²) >= 11 is 6.50. The van der Waals surface area contributed by atoms with E-state index in [4.69, 9.17) is 9.15 Å². The molecule has 4 aromatic rings. The molecule has 0 aliphatic carbocycles. The smallest absolute Gasteiger partial charge is 0.450 e. The Balaban J connectivity index is 1.71. The van der Waals surface area contributed by atoms with Crippen LogP contribution >= 0.6 is 31.9 Å². The van der Waals surface area contributed by atoms with Gasteiger partial charge >= 0.3 is 6.18 Å². The van der Waals surface area contributed by atoms with Gasteiger partial charge in [-0.1, -0.05) is 56.1 Å². The van der Waals surface area contributed by atoms with E-state index in [1.165, 1.54) is 30.3 Å². The summed E-state index contributed by atoms with van der Waals surface area (Å²) in [5.41, 5.74) is -1.17. The van der Waals surface area contributed by atoms with E-state index < -0.39 is 22.9 Å². The molecule has 0 aliphatic heterocycles. The Labute approximate surface area is 202 Å². The molecule has 0 radical (unpaired) electrons. The normalized spacial score (nSPS) is 11.5. The lowest BCUT2D eigenvalue weighted by Crippen LogP contribution is -2.16. The van der Waals surface area contributed by atoms with Crippen LogP contribution < -0.4 is 10.2 Å². The number of hydrogen-bond donors (Lipinski definition) is 0. The second-order valence-corrected chi connectivity index (χ2v) is 8.85. The highest BCUT2D eigenvalue weighted by Gasteiger charge is 2.39. The van der Waals surface area contributed by atoms with Gasteiger partial charge in [-0.3, -0.25) is 9.59 Å². The molecule has 0 bridgehead atoms. The molecular weight excluding hydrogens is 569 g/mol. The molecule has 33 heavy (non-hydrogen) atoms. The molecule has 0 unspecified atom stereocenters. The van der Waals surface area contributed by atoms with Gasteiger partial charge in [-0.05, 0) is 42.0 Å². The fourth-order valence-corrected chi connectivity index (χ4v) is 3.74. The molecule has 0 amide bonds. The van der Waals surface area contributed by atoms with Crippen LogP contribution in [0.15, 0.2) is 84.9 Å². The van der Waals surface area contributed by atoms with Crippen molar-refractivity contribution < 1.29 is 27.1 Å². The lowest BCUT2D eigenvalue weighted by atomic mass is 10.0. The number of Topliss-reactive ketones (excluding diaryl/α,β-unsaturated/α-hetero) is 1. The second kappa shape index (κ2) is 9.15. The molecule has 0 atom stereocenters. The quantitative estimate of drug-likeness (QED) is 0.233. The third-order valence-electron chi connectivity index (χ3n) is 4.79. The molecule has 0 saturated heterocycles. The van der Waals surface area contributed by atoms with Crippen LogP contribution in [0.3, 0.4) is 0 Å². The summed E-state index contributed by atoms with van der Waals surface area (Å²) in [6, 6.07) is 16.5. The van der Waals surface area contributed by atoms with Crippen LogP contribution in [0.25, 0.3) is 22.1 Å². The van der Waals surface area contributed by atoms with Gasteiger partial charge in [-0.2, -0.15) is 13.2 Å². The monoisotopic (exact) mass is 580 g/mol. The van der Waals surface area contributed by atoms with Gasteiger partial charge in [0.2, 0.25) is 11.2 Å². The fraction of sp³-hybridized carbons (Fsp3) is 0.0833. The minimum atomic E-state index is -4.90. The van der Waals surface area contributed by atoms with E-state index in [0.29, 0.717) is 10.0 Å². The first kappa shape index (κ1) is 23.3. The Morgan fingerprint density at radius 3 is 2.12 bits per heavy atom. The summed E-state index contributed by atoms with van der Waals surface area (Å²) in [5.74, 6) is -1.61. The van der Waals surface area contributed by atoms with Crippen LogP contribution in [0.5, 0.6) is 5.75 Å². The maximum atomic E-state index is 13.8. The van der Waals surface area contributed by atoms with Crippen molar-refractivity contribution in [2.75, 3.05) is 6.61 Å². The first-order chi connectivity index (χ1) is 15.6. The maximum absolute atomic E-state index is 13.8. The second-order valence-electron chi connectivity index (χ2n) is 7.02. The average molecular weight is 582 g/mol. The number of halogens is 5. The molecule has 3 aromatic carbocycles. The molecule has 1 heterocycles. The van der Waals surface area contributed by atoms with Crippen molar-refractivity contribution in [1.29, 1.82) is 0 Å². The number of ketones is 1. The van der Waals surface area contributed by atoms with E-state index in [-0.39, 0.29) is 34.7 Å². The Morgan fingerprint density at radius 1 is 0.909 bits per heavy atom. The number of benzene rings is 3. The van der Waals surface area contributed by atoms with Crippen molar-refractivity contribution in [3.05, 3.63) is 97.2 Å². The molecule has 0 spiro atoms. The number of ether oxygens (including phenoxy) is 1. The Kier molecular flexibility index (Phi) is 6.45. The summed E-state index contributed by atoms with van der Waals surface area (Å²) in [4.78, 5) is 25.3. The van der Waals surface area contributed by atoms with Crippen LogP contribution in [0.2, 0.25) is 0 Å². The van der Waals surface area contributed by atoms with Gasteiger partial charge in [-0.25, -0.2) is 0 Å². The highest BCUT2D eigenvalue weighted by molar-refractivity contribution is 9.10. The third kappa shape index (κ3) is 5.04. The van der Waals surface area contributed by atoms with Crippen LogP contribution in [0.1, 0.15) is 16.1 Å². The summed E-state index contributed by atoms with van der Waals surface area (Å²) < 4.78 is 53.4. The van der Waals surface area contributed by atoms with Crippen molar-refractivity contribution in [2.24, 2.45) is 0 Å². The summed E-state index contributed by atoms with van der Waals surface area (Å²) in [6.45, 7) is -0.333. The highest BCUT2D eigenvalue weighted by Crippen LogP contribution is 2.38. The van der Waals surface area contributed by atoms with Crippen LogP contribution in [-0.4, -0.2) is 12.4 Å². The lowest BCUT2D eigenvalue weighted by Gasteiger charge is -2.13. The molecule has 0 saturated carbocycles. The number of carbonyl (C=O) groups is 1. The van der Waals surface area contributed by atoms with E-state index in [1.807, 2.05) is 0 Å². The Morgan fingerprint density at radius 2 is 1.52 bits per heavy atom. The standard InChI is InChI=1S/C24H13Br2F3O4/c25-15-5-1-13(2-6-15)19(30)12-32-17-9-10-18-20(11-17)33-23(24(27,28)29)21(22(18)31)14-3-7-16(26)8-4-14/h1-11H,12H2. The summed E-state index contributed by atoms with van der Waals surface area (Å²) in [5, 5.41) is -0.0347. The van der Waals surface area contributed by atoms with E-state index in [0.717, 1.165) is 4.47 Å². The van der Waals surface area contributed by atoms with Crippen molar-refractivity contribution >= 4 is 48.6 Å². The van der Waals surface area contributed by atoms with Gasteiger partial charge in [0, 0.05) is 20.6 Å². The lowest BCUT2D eigenvalue weighted by molar-refractivity contribution is -0.152. The Hall–Kier alpha value is -2.91. The number of fused-ring (bicyclic) bond motifs is 1. The third-order valence-corrected chi connectivity index (χ3v) is 5.85. The molecule has 0 N–H and O–H groups in total. The van der Waals surface area contributed by atoms with Gasteiger partial charge in [0.25, 0.3) is 0 Å². The zero-order valence-corrected chi connectivity index (χ0v) is 19.8. The summed E-state index contributed by atoms with van der Waals surface area (Å²) in [6.07, 6.45) is -4.90. The average Bonchev–Trinajstić information content (AvgIpc) is 2.78. The first-order valence-electron chi connectivity index (χ1n) is 9.49. The van der Waals surface area contributed by atoms with Gasteiger partial charge in [0.1, 0.15) is 11.3 Å². The molecule has 4 nitrogen and oxygen atoms in total. The van der Waals surface area contributed by atoms with Crippen molar-refractivity contribution in [1.82, 2.24) is 0 Å². The molecule has 168 valence electrons. The van der Waals surface area contributed by atoms with E-state index in [1.54, 1.807) is 36.4 Å². The Bertz CT molecular complexity index is 1390. The SMILES string of the molecule is O=C(COc1ccc2c(=O)c(-c3ccc(Br)cc3)c(C(F)(F)F)oc2c1)c1ccc(Br)cc1. The largest absolute Gasteiger partial charge is 0.485 e. The number of carbonyl (C=O) groups excluding carboxylic acids is 1. The minimum absolute atomic E-state index is 0.0347. The van der Waals surface area contributed by atoms with Crippen LogP contribution in [0, 0.1) is 0 Å². The topological polar surface area (TPSA) is 56.5 Å². The predicted molar refractivity (Wildman–Crippen MR) is 125 cm³/mol. The predicted octanol–water partition coefficient (Wildman–Crippen LogP) is 7.27. The van der Waals surface area contributed by atoms with Crippen molar-refractivity contribution in [3.8, 4) is 16.9 Å². The first-order valence-corrected chi connectivity index (χ1v) is 11.1. The molecule has 1 aromatic heterocycles. The molecule has 0 fully saturated rings. The number of alkyl halides is 3. The fourth-order valence-electron chi connectivity index (χ4n) is 3.21.